The molecule has 0 bridgehead atoms. The summed E-state index contributed by atoms with van der Waals surface area (Å²) in [6.45, 7) is 9.25. The van der Waals surface area contributed by atoms with Crippen LogP contribution in [0.4, 0.5) is 0 Å². The van der Waals surface area contributed by atoms with E-state index in [1.54, 1.807) is 0 Å². The first kappa shape index (κ1) is 21.0. The van der Waals surface area contributed by atoms with Crippen LogP contribution in [0, 0.1) is 0 Å². The number of halogens is 1. The third-order valence-corrected chi connectivity index (χ3v) is 4.26. The highest BCUT2D eigenvalue weighted by Crippen LogP contribution is 2.19. The Balaban J connectivity index is 0.00000243. The fourth-order valence-corrected chi connectivity index (χ4v) is 2.95. The van der Waals surface area contributed by atoms with Crippen molar-refractivity contribution in [1.29, 1.82) is 0 Å². The Morgan fingerprint density at radius 1 is 1.19 bits per heavy atom. The summed E-state index contributed by atoms with van der Waals surface area (Å²) in [4.78, 5) is 7.08. The molecular formula is C19H29IN4O2. The second-order valence-corrected chi connectivity index (χ2v) is 6.18. The Labute approximate surface area is 172 Å². The van der Waals surface area contributed by atoms with Gasteiger partial charge >= 0.3 is 0 Å². The van der Waals surface area contributed by atoms with E-state index in [-0.39, 0.29) is 24.0 Å². The van der Waals surface area contributed by atoms with Crippen LogP contribution in [0.3, 0.4) is 0 Å². The maximum Gasteiger partial charge on any atom is 0.191 e. The molecule has 0 saturated carbocycles. The molecule has 2 aromatic rings. The summed E-state index contributed by atoms with van der Waals surface area (Å²) in [6, 6.07) is 10.1. The molecule has 0 spiro atoms. The number of rotatable bonds is 7. The molecule has 144 valence electrons. The Kier molecular flexibility index (Phi) is 9.21. The van der Waals surface area contributed by atoms with Crippen molar-refractivity contribution >= 4 is 40.9 Å². The average molecular weight is 472 g/mol. The second-order valence-electron chi connectivity index (χ2n) is 6.18. The van der Waals surface area contributed by atoms with E-state index in [0.717, 1.165) is 75.0 Å². The number of aliphatic imine (C=N–C) groups is 1. The molecule has 1 aliphatic rings. The van der Waals surface area contributed by atoms with Crippen LogP contribution in [0.2, 0.25) is 0 Å². The molecule has 1 aromatic carbocycles. The Morgan fingerprint density at radius 3 is 2.77 bits per heavy atom. The van der Waals surface area contributed by atoms with Gasteiger partial charge < -0.3 is 19.8 Å². The molecule has 0 atom stereocenters. The van der Waals surface area contributed by atoms with E-state index >= 15 is 0 Å². The van der Waals surface area contributed by atoms with Crippen LogP contribution in [0.25, 0.3) is 11.0 Å². The zero-order valence-electron chi connectivity index (χ0n) is 15.4. The highest BCUT2D eigenvalue weighted by Gasteiger charge is 2.09. The zero-order chi connectivity index (χ0) is 17.3. The number of hydrogen-bond donors (Lipinski definition) is 2. The predicted octanol–water partition coefficient (Wildman–Crippen LogP) is 2.83. The number of nitrogens with zero attached hydrogens (tertiary/aromatic N) is 2. The first-order valence-electron chi connectivity index (χ1n) is 9.15. The van der Waals surface area contributed by atoms with Crippen molar-refractivity contribution in [1.82, 2.24) is 15.5 Å². The van der Waals surface area contributed by atoms with Gasteiger partial charge in [0.1, 0.15) is 17.9 Å². The lowest BCUT2D eigenvalue weighted by Gasteiger charge is -2.26. The Morgan fingerprint density at radius 2 is 2.00 bits per heavy atom. The van der Waals surface area contributed by atoms with E-state index in [4.69, 9.17) is 9.15 Å². The normalized spacial score (nSPS) is 15.7. The molecule has 7 heteroatoms. The molecule has 2 N–H and O–H groups in total. The van der Waals surface area contributed by atoms with Gasteiger partial charge in [0.15, 0.2) is 5.96 Å². The van der Waals surface area contributed by atoms with Gasteiger partial charge in [0.2, 0.25) is 0 Å². The third-order valence-electron chi connectivity index (χ3n) is 4.26. The first-order valence-corrected chi connectivity index (χ1v) is 9.15. The minimum atomic E-state index is 0. The molecular weight excluding hydrogens is 443 g/mol. The van der Waals surface area contributed by atoms with Crippen LogP contribution in [0.15, 0.2) is 39.7 Å². The maximum absolute atomic E-state index is 5.82. The Bertz CT molecular complexity index is 650. The molecule has 0 amide bonds. The molecule has 6 nitrogen and oxygen atoms in total. The summed E-state index contributed by atoms with van der Waals surface area (Å²) in [5.41, 5.74) is 0.913. The summed E-state index contributed by atoms with van der Waals surface area (Å²) in [7, 11) is 0. The summed E-state index contributed by atoms with van der Waals surface area (Å²) >= 11 is 0. The molecule has 26 heavy (non-hydrogen) atoms. The largest absolute Gasteiger partial charge is 0.459 e. The van der Waals surface area contributed by atoms with Gasteiger partial charge in [-0.3, -0.25) is 4.90 Å². The number of hydrogen-bond acceptors (Lipinski definition) is 4. The molecule has 1 fully saturated rings. The second kappa shape index (κ2) is 11.4. The fraction of sp³-hybridized carbons (Fsp3) is 0.526. The van der Waals surface area contributed by atoms with Gasteiger partial charge in [-0.05, 0) is 32.0 Å². The van der Waals surface area contributed by atoms with Gasteiger partial charge in [-0.25, -0.2) is 4.99 Å². The molecule has 2 heterocycles. The number of guanidine groups is 1. The molecule has 0 unspecified atom stereocenters. The zero-order valence-corrected chi connectivity index (χ0v) is 17.7. The van der Waals surface area contributed by atoms with E-state index in [9.17, 15) is 0 Å². The summed E-state index contributed by atoms with van der Waals surface area (Å²) in [6.07, 6.45) is 1.09. The van der Waals surface area contributed by atoms with Crippen molar-refractivity contribution < 1.29 is 9.15 Å². The summed E-state index contributed by atoms with van der Waals surface area (Å²) in [5.74, 6) is 1.72. The van der Waals surface area contributed by atoms with Crippen molar-refractivity contribution in [3.05, 3.63) is 36.1 Å². The topological polar surface area (TPSA) is 62.0 Å². The SMILES string of the molecule is CCNC(=NCc1cc2ccccc2o1)NCCCN1CCOCC1.I. The third kappa shape index (κ3) is 6.44. The molecule has 1 aromatic heterocycles. The van der Waals surface area contributed by atoms with Crippen LogP contribution in [0.5, 0.6) is 0 Å². The Hall–Kier alpha value is -1.32. The molecule has 0 aliphatic carbocycles. The van der Waals surface area contributed by atoms with Gasteiger partial charge in [0.05, 0.1) is 13.2 Å². The number of ether oxygens (including phenoxy) is 1. The van der Waals surface area contributed by atoms with Crippen LogP contribution in [-0.2, 0) is 11.3 Å². The number of furan rings is 1. The monoisotopic (exact) mass is 472 g/mol. The lowest BCUT2D eigenvalue weighted by atomic mass is 10.2. The highest BCUT2D eigenvalue weighted by molar-refractivity contribution is 14.0. The van der Waals surface area contributed by atoms with Crippen LogP contribution in [-0.4, -0.2) is 56.8 Å². The molecule has 3 rings (SSSR count). The van der Waals surface area contributed by atoms with Crippen molar-refractivity contribution in [2.45, 2.75) is 19.9 Å². The van der Waals surface area contributed by atoms with E-state index < -0.39 is 0 Å². The number of para-hydroxylation sites is 1. The molecule has 0 radical (unpaired) electrons. The quantitative estimate of drug-likeness (QED) is 0.281. The van der Waals surface area contributed by atoms with Crippen LogP contribution in [0.1, 0.15) is 19.1 Å². The lowest BCUT2D eigenvalue weighted by Crippen LogP contribution is -2.40. The van der Waals surface area contributed by atoms with E-state index in [0.29, 0.717) is 6.54 Å². The van der Waals surface area contributed by atoms with Crippen LogP contribution < -0.4 is 10.6 Å². The maximum atomic E-state index is 5.82. The molecule has 1 aliphatic heterocycles. The highest BCUT2D eigenvalue weighted by atomic mass is 127. The van der Waals surface area contributed by atoms with Gasteiger partial charge in [0.25, 0.3) is 0 Å². The lowest BCUT2D eigenvalue weighted by molar-refractivity contribution is 0.0376. The van der Waals surface area contributed by atoms with Crippen molar-refractivity contribution in [3.8, 4) is 0 Å². The van der Waals surface area contributed by atoms with E-state index in [1.807, 2.05) is 18.2 Å². The predicted molar refractivity (Wildman–Crippen MR) is 116 cm³/mol. The number of fused-ring (bicyclic) bond motifs is 1. The number of nitrogens with one attached hydrogen (secondary N) is 2. The minimum absolute atomic E-state index is 0. The summed E-state index contributed by atoms with van der Waals surface area (Å²) in [5, 5.41) is 7.81. The van der Waals surface area contributed by atoms with E-state index in [1.165, 1.54) is 0 Å². The average Bonchev–Trinajstić information content (AvgIpc) is 3.07. The van der Waals surface area contributed by atoms with Gasteiger partial charge in [-0.15, -0.1) is 24.0 Å². The standard InChI is InChI=1S/C19H28N4O2.HI/c1-2-20-19(21-8-5-9-23-10-12-24-13-11-23)22-15-17-14-16-6-3-4-7-18(16)25-17;/h3-4,6-7,14H,2,5,8-13,15H2,1H3,(H2,20,21,22);1H. The number of morpholine rings is 1. The van der Waals surface area contributed by atoms with E-state index in [2.05, 4.69) is 39.6 Å². The smallest absolute Gasteiger partial charge is 0.191 e. The van der Waals surface area contributed by atoms with Crippen molar-refractivity contribution in [2.24, 2.45) is 4.99 Å². The minimum Gasteiger partial charge on any atom is -0.459 e. The van der Waals surface area contributed by atoms with Gasteiger partial charge in [-0.1, -0.05) is 18.2 Å². The van der Waals surface area contributed by atoms with Crippen molar-refractivity contribution in [2.75, 3.05) is 45.9 Å². The first-order chi connectivity index (χ1) is 12.3. The molecule has 1 saturated heterocycles. The fourth-order valence-electron chi connectivity index (χ4n) is 2.95. The van der Waals surface area contributed by atoms with Crippen molar-refractivity contribution in [3.63, 3.8) is 0 Å². The van der Waals surface area contributed by atoms with Crippen LogP contribution >= 0.6 is 24.0 Å². The van der Waals surface area contributed by atoms with Gasteiger partial charge in [0, 0.05) is 31.6 Å². The number of benzene rings is 1. The summed E-state index contributed by atoms with van der Waals surface area (Å²) < 4.78 is 11.2. The van der Waals surface area contributed by atoms with Gasteiger partial charge in [-0.2, -0.15) is 0 Å².